The average molecular weight is 368 g/mol. The van der Waals surface area contributed by atoms with Gasteiger partial charge in [-0.3, -0.25) is 0 Å². The van der Waals surface area contributed by atoms with E-state index in [1.807, 2.05) is 0 Å². The molecule has 1 aromatic heterocycles. The van der Waals surface area contributed by atoms with Gasteiger partial charge in [0.1, 0.15) is 17.1 Å². The smallest absolute Gasteiger partial charge is 0.185 e. The van der Waals surface area contributed by atoms with E-state index in [1.165, 1.54) is 6.33 Å². The summed E-state index contributed by atoms with van der Waals surface area (Å²) in [5, 5.41) is 0.479. The number of nitrogens with zero attached hydrogens (tertiary/aromatic N) is 2. The third-order valence-electron chi connectivity index (χ3n) is 2.25. The zero-order valence-electron chi connectivity index (χ0n) is 9.01. The lowest BCUT2D eigenvalue weighted by molar-refractivity contribution is 0.595. The van der Waals surface area contributed by atoms with Gasteiger partial charge in [-0.2, -0.15) is 4.37 Å². The highest BCUT2D eigenvalue weighted by Gasteiger charge is 2.18. The fourth-order valence-electron chi connectivity index (χ4n) is 1.34. The molecule has 96 valence electrons. The van der Waals surface area contributed by atoms with Gasteiger partial charge >= 0.3 is 0 Å². The molecule has 0 fully saturated rings. The van der Waals surface area contributed by atoms with Crippen molar-refractivity contribution in [1.82, 2.24) is 9.36 Å². The maximum absolute atomic E-state index is 12.1. The molecule has 8 heteroatoms. The van der Waals surface area contributed by atoms with Crippen molar-refractivity contribution in [1.29, 1.82) is 0 Å². The Morgan fingerprint density at radius 1 is 1.39 bits per heavy atom. The second-order valence-electron chi connectivity index (χ2n) is 3.48. The lowest BCUT2D eigenvalue weighted by atomic mass is 10.2. The SMILES string of the molecule is O=S(=O)(Cc1ncns1)c1ccc(CCl)c(Br)c1. The van der Waals surface area contributed by atoms with Crippen molar-refractivity contribution in [3.05, 3.63) is 39.6 Å². The van der Waals surface area contributed by atoms with Crippen LogP contribution in [0.25, 0.3) is 0 Å². The summed E-state index contributed by atoms with van der Waals surface area (Å²) in [6, 6.07) is 4.82. The summed E-state index contributed by atoms with van der Waals surface area (Å²) in [4.78, 5) is 4.13. The van der Waals surface area contributed by atoms with Crippen LogP contribution in [0.5, 0.6) is 0 Å². The number of sulfone groups is 1. The van der Waals surface area contributed by atoms with Gasteiger partial charge in [0, 0.05) is 10.4 Å². The van der Waals surface area contributed by atoms with E-state index in [9.17, 15) is 8.42 Å². The van der Waals surface area contributed by atoms with Crippen molar-refractivity contribution >= 4 is 48.9 Å². The lowest BCUT2D eigenvalue weighted by Crippen LogP contribution is -2.05. The van der Waals surface area contributed by atoms with Crippen molar-refractivity contribution < 1.29 is 8.42 Å². The molecule has 4 nitrogen and oxygen atoms in total. The quantitative estimate of drug-likeness (QED) is 0.779. The summed E-state index contributed by atoms with van der Waals surface area (Å²) in [6.45, 7) is 0. The Labute approximate surface area is 122 Å². The first kappa shape index (κ1) is 13.9. The first-order chi connectivity index (χ1) is 8.53. The van der Waals surface area contributed by atoms with Crippen molar-refractivity contribution in [2.75, 3.05) is 0 Å². The minimum Gasteiger partial charge on any atom is -0.227 e. The van der Waals surface area contributed by atoms with Gasteiger partial charge < -0.3 is 0 Å². The molecular formula is C10H8BrClN2O2S2. The maximum Gasteiger partial charge on any atom is 0.185 e. The van der Waals surface area contributed by atoms with E-state index >= 15 is 0 Å². The zero-order chi connectivity index (χ0) is 13.2. The van der Waals surface area contributed by atoms with E-state index < -0.39 is 9.84 Å². The second-order valence-corrected chi connectivity index (χ2v) is 7.46. The summed E-state index contributed by atoms with van der Waals surface area (Å²) < 4.78 is 28.7. The molecule has 0 saturated heterocycles. The molecule has 2 rings (SSSR count). The minimum absolute atomic E-state index is 0.135. The van der Waals surface area contributed by atoms with Crippen molar-refractivity contribution in [2.24, 2.45) is 0 Å². The fourth-order valence-corrected chi connectivity index (χ4v) is 4.53. The zero-order valence-corrected chi connectivity index (χ0v) is 13.0. The van der Waals surface area contributed by atoms with E-state index in [2.05, 4.69) is 25.3 Å². The van der Waals surface area contributed by atoms with Gasteiger partial charge in [0.15, 0.2) is 9.84 Å². The maximum atomic E-state index is 12.1. The molecule has 0 saturated carbocycles. The highest BCUT2D eigenvalue weighted by atomic mass is 79.9. The molecule has 0 radical (unpaired) electrons. The van der Waals surface area contributed by atoms with E-state index in [0.717, 1.165) is 17.1 Å². The predicted molar refractivity (Wildman–Crippen MR) is 74.5 cm³/mol. The Morgan fingerprint density at radius 3 is 2.72 bits per heavy atom. The summed E-state index contributed by atoms with van der Waals surface area (Å²) in [5.41, 5.74) is 0.853. The van der Waals surface area contributed by atoms with Gasteiger partial charge in [0.25, 0.3) is 0 Å². The molecule has 0 amide bonds. The van der Waals surface area contributed by atoms with Crippen LogP contribution in [0, 0.1) is 0 Å². The van der Waals surface area contributed by atoms with Gasteiger partial charge in [-0.25, -0.2) is 13.4 Å². The molecule has 0 bridgehead atoms. The van der Waals surface area contributed by atoms with Crippen LogP contribution in [0.3, 0.4) is 0 Å². The number of hydrogen-bond acceptors (Lipinski definition) is 5. The topological polar surface area (TPSA) is 59.9 Å². The largest absolute Gasteiger partial charge is 0.227 e. The molecule has 0 N–H and O–H groups in total. The molecule has 1 aromatic carbocycles. The number of aromatic nitrogens is 2. The number of halogens is 2. The normalized spacial score (nSPS) is 11.7. The average Bonchev–Trinajstić information content (AvgIpc) is 2.81. The Bertz CT molecular complexity index is 644. The van der Waals surface area contributed by atoms with Crippen LogP contribution in [-0.2, 0) is 21.5 Å². The van der Waals surface area contributed by atoms with Gasteiger partial charge in [-0.1, -0.05) is 22.0 Å². The second kappa shape index (κ2) is 5.64. The van der Waals surface area contributed by atoms with E-state index in [-0.39, 0.29) is 10.6 Å². The molecule has 1 heterocycles. The molecule has 0 aliphatic carbocycles. The van der Waals surface area contributed by atoms with Crippen LogP contribution in [0.4, 0.5) is 0 Å². The third-order valence-corrected chi connectivity index (χ3v) is 5.74. The van der Waals surface area contributed by atoms with Gasteiger partial charge in [-0.15, -0.1) is 11.6 Å². The van der Waals surface area contributed by atoms with Crippen LogP contribution in [0.15, 0.2) is 33.9 Å². The Hall–Kier alpha value is -0.500. The standard InChI is InChI=1S/C10H8BrClN2O2S2/c11-9-3-8(2-1-7(9)4-12)18(15,16)5-10-13-6-14-17-10/h1-3,6H,4-5H2. The van der Waals surface area contributed by atoms with Gasteiger partial charge in [0.2, 0.25) is 0 Å². The number of hydrogen-bond donors (Lipinski definition) is 0. The Kier molecular flexibility index (Phi) is 4.37. The van der Waals surface area contributed by atoms with Crippen LogP contribution in [0.2, 0.25) is 0 Å². The summed E-state index contributed by atoms with van der Waals surface area (Å²) in [7, 11) is -3.40. The van der Waals surface area contributed by atoms with Crippen molar-refractivity contribution in [3.8, 4) is 0 Å². The lowest BCUT2D eigenvalue weighted by Gasteiger charge is -2.05. The Morgan fingerprint density at radius 2 is 2.17 bits per heavy atom. The molecular weight excluding hydrogens is 360 g/mol. The minimum atomic E-state index is -3.40. The highest BCUT2D eigenvalue weighted by Crippen LogP contribution is 2.25. The number of alkyl halides is 1. The fraction of sp³-hybridized carbons (Fsp3) is 0.200. The molecule has 0 unspecified atom stereocenters. The molecule has 0 atom stereocenters. The van der Waals surface area contributed by atoms with Crippen LogP contribution >= 0.6 is 39.1 Å². The monoisotopic (exact) mass is 366 g/mol. The molecule has 0 aliphatic rings. The summed E-state index contributed by atoms with van der Waals surface area (Å²) in [5.74, 6) is 0.196. The molecule has 0 spiro atoms. The van der Waals surface area contributed by atoms with Crippen LogP contribution < -0.4 is 0 Å². The third kappa shape index (κ3) is 3.09. The van der Waals surface area contributed by atoms with E-state index in [1.54, 1.807) is 18.2 Å². The first-order valence-electron chi connectivity index (χ1n) is 4.85. The summed E-state index contributed by atoms with van der Waals surface area (Å²) >= 11 is 10.1. The molecule has 2 aromatic rings. The molecule has 0 aliphatic heterocycles. The van der Waals surface area contributed by atoms with Crippen LogP contribution in [0.1, 0.15) is 10.6 Å². The van der Waals surface area contributed by atoms with Gasteiger partial charge in [0.05, 0.1) is 4.90 Å². The van der Waals surface area contributed by atoms with Crippen LogP contribution in [-0.4, -0.2) is 17.8 Å². The Balaban J connectivity index is 2.33. The van der Waals surface area contributed by atoms with E-state index in [0.29, 0.717) is 15.4 Å². The van der Waals surface area contributed by atoms with E-state index in [4.69, 9.17) is 11.6 Å². The summed E-state index contributed by atoms with van der Waals surface area (Å²) in [6.07, 6.45) is 1.35. The molecule has 18 heavy (non-hydrogen) atoms. The van der Waals surface area contributed by atoms with Gasteiger partial charge in [-0.05, 0) is 29.2 Å². The first-order valence-corrected chi connectivity index (χ1v) is 8.61. The number of benzene rings is 1. The predicted octanol–water partition coefficient (Wildman–Crippen LogP) is 3.01. The van der Waals surface area contributed by atoms with Crippen molar-refractivity contribution in [3.63, 3.8) is 0 Å². The highest BCUT2D eigenvalue weighted by molar-refractivity contribution is 9.10. The number of rotatable bonds is 4. The van der Waals surface area contributed by atoms with Crippen molar-refractivity contribution in [2.45, 2.75) is 16.5 Å².